The van der Waals surface area contributed by atoms with E-state index < -0.39 is 0 Å². The van der Waals surface area contributed by atoms with Crippen molar-refractivity contribution in [2.24, 2.45) is 17.6 Å². The summed E-state index contributed by atoms with van der Waals surface area (Å²) in [6, 6.07) is 8.00. The van der Waals surface area contributed by atoms with E-state index in [9.17, 15) is 4.79 Å². The van der Waals surface area contributed by atoms with E-state index in [1.54, 1.807) is 0 Å². The number of rotatable bonds is 4. The third-order valence-corrected chi connectivity index (χ3v) is 5.81. The van der Waals surface area contributed by atoms with Gasteiger partial charge in [-0.2, -0.15) is 0 Å². The Kier molecular flexibility index (Phi) is 4.87. The molecule has 2 aliphatic heterocycles. The topological polar surface area (TPSA) is 81.3 Å². The van der Waals surface area contributed by atoms with E-state index in [1.165, 1.54) is 0 Å². The number of hydrogen-bond donors (Lipinski definition) is 1. The molecule has 0 saturated carbocycles. The molecule has 2 aliphatic rings. The largest absolute Gasteiger partial charge is 0.377 e. The molecule has 2 atom stereocenters. The zero-order chi connectivity index (χ0) is 18.1. The molecular weight excluding hydrogens is 328 g/mol. The first kappa shape index (κ1) is 17.4. The Bertz CT molecular complexity index is 801. The third-order valence-electron chi connectivity index (χ3n) is 5.81. The highest BCUT2D eigenvalue weighted by Gasteiger charge is 2.39. The highest BCUT2D eigenvalue weighted by atomic mass is 16.5. The van der Waals surface area contributed by atoms with Crippen LogP contribution in [0.25, 0.3) is 11.0 Å². The summed E-state index contributed by atoms with van der Waals surface area (Å²) in [7, 11) is 0. The zero-order valence-electron chi connectivity index (χ0n) is 15.2. The quantitative estimate of drug-likeness (QED) is 0.909. The van der Waals surface area contributed by atoms with Gasteiger partial charge in [0.25, 0.3) is 0 Å². The van der Waals surface area contributed by atoms with E-state index in [-0.39, 0.29) is 17.9 Å². The number of piperidine rings is 1. The molecule has 0 aliphatic carbocycles. The van der Waals surface area contributed by atoms with Crippen LogP contribution in [-0.4, -0.2) is 46.6 Å². The van der Waals surface area contributed by atoms with Crippen LogP contribution in [0.5, 0.6) is 0 Å². The normalized spacial score (nSPS) is 25.0. The summed E-state index contributed by atoms with van der Waals surface area (Å²) in [5.41, 5.74) is 9.49. The predicted octanol–water partition coefficient (Wildman–Crippen LogP) is 2.04. The van der Waals surface area contributed by atoms with E-state index in [1.807, 2.05) is 31.2 Å². The van der Waals surface area contributed by atoms with Gasteiger partial charge in [0, 0.05) is 13.2 Å². The van der Waals surface area contributed by atoms with Crippen LogP contribution in [0.4, 0.5) is 0 Å². The van der Waals surface area contributed by atoms with Crippen LogP contribution < -0.4 is 5.73 Å². The number of amides is 1. The van der Waals surface area contributed by atoms with Crippen LogP contribution in [0.15, 0.2) is 24.3 Å². The Balaban J connectivity index is 1.40. The van der Waals surface area contributed by atoms with Crippen molar-refractivity contribution in [1.29, 1.82) is 0 Å². The summed E-state index contributed by atoms with van der Waals surface area (Å²) >= 11 is 0. The maximum Gasteiger partial charge on any atom is 0.223 e. The molecule has 1 aromatic heterocycles. The number of aryl methyl sites for hydroxylation is 1. The molecule has 6 heteroatoms. The summed E-state index contributed by atoms with van der Waals surface area (Å²) in [5.74, 6) is 0.104. The van der Waals surface area contributed by atoms with Crippen LogP contribution in [0.2, 0.25) is 0 Å². The molecule has 6 nitrogen and oxygen atoms in total. The lowest BCUT2D eigenvalue weighted by atomic mass is 9.84. The highest BCUT2D eigenvalue weighted by molar-refractivity contribution is 5.77. The molecule has 0 radical (unpaired) electrons. The van der Waals surface area contributed by atoms with Gasteiger partial charge in [-0.3, -0.25) is 9.69 Å². The van der Waals surface area contributed by atoms with Gasteiger partial charge in [0.05, 0.1) is 34.4 Å². The fourth-order valence-electron chi connectivity index (χ4n) is 4.31. The van der Waals surface area contributed by atoms with Crippen LogP contribution >= 0.6 is 0 Å². The lowest BCUT2D eigenvalue weighted by molar-refractivity contribution is -0.124. The molecule has 4 rings (SSSR count). The maximum absolute atomic E-state index is 11.6. The molecule has 0 bridgehead atoms. The highest BCUT2D eigenvalue weighted by Crippen LogP contribution is 2.33. The van der Waals surface area contributed by atoms with E-state index in [2.05, 4.69) is 9.88 Å². The molecule has 0 unspecified atom stereocenters. The number of nitrogens with two attached hydrogens (primary N) is 1. The van der Waals surface area contributed by atoms with Gasteiger partial charge in [0.2, 0.25) is 5.91 Å². The van der Waals surface area contributed by atoms with Crippen molar-refractivity contribution < 1.29 is 9.53 Å². The second-order valence-electron chi connectivity index (χ2n) is 7.49. The minimum Gasteiger partial charge on any atom is -0.377 e. The van der Waals surface area contributed by atoms with Gasteiger partial charge in [-0.05, 0) is 57.3 Å². The molecule has 0 spiro atoms. The molecule has 1 aromatic carbocycles. The first-order valence-corrected chi connectivity index (χ1v) is 9.47. The van der Waals surface area contributed by atoms with E-state index in [0.29, 0.717) is 12.5 Å². The fourth-order valence-corrected chi connectivity index (χ4v) is 4.31. The number of para-hydroxylation sites is 2. The molecule has 138 valence electrons. The van der Waals surface area contributed by atoms with Crippen molar-refractivity contribution in [3.8, 4) is 0 Å². The lowest BCUT2D eigenvalue weighted by Crippen LogP contribution is -2.42. The number of fused-ring (bicyclic) bond motifs is 1. The first-order chi connectivity index (χ1) is 12.6. The second kappa shape index (κ2) is 7.29. The SMILES string of the molecule is Cc1nc2ccccc2nc1CN1CCC([C@H]2OCC[C@@H]2C(N)=O)CC1. The Morgan fingerprint density at radius 2 is 1.88 bits per heavy atom. The Labute approximate surface area is 153 Å². The van der Waals surface area contributed by atoms with Crippen LogP contribution in [0, 0.1) is 18.8 Å². The standard InChI is InChI=1S/C20H26N4O2/c1-13-18(23-17-5-3-2-4-16(17)22-13)12-24-9-6-14(7-10-24)19-15(20(21)25)8-11-26-19/h2-5,14-15,19H,6-12H2,1H3,(H2,21,25)/t15-,19+/m0/s1. The van der Waals surface area contributed by atoms with Gasteiger partial charge in [0.15, 0.2) is 0 Å². The van der Waals surface area contributed by atoms with Gasteiger partial charge in [0.1, 0.15) is 0 Å². The van der Waals surface area contributed by atoms with Gasteiger partial charge >= 0.3 is 0 Å². The van der Waals surface area contributed by atoms with Crippen molar-refractivity contribution in [2.45, 2.75) is 38.8 Å². The number of hydrogen-bond acceptors (Lipinski definition) is 5. The number of ether oxygens (including phenoxy) is 1. The number of aromatic nitrogens is 2. The minimum atomic E-state index is -0.211. The van der Waals surface area contributed by atoms with Crippen molar-refractivity contribution >= 4 is 16.9 Å². The second-order valence-corrected chi connectivity index (χ2v) is 7.49. The number of nitrogens with zero attached hydrogens (tertiary/aromatic N) is 3. The average molecular weight is 354 g/mol. The number of benzene rings is 1. The first-order valence-electron chi connectivity index (χ1n) is 9.47. The van der Waals surface area contributed by atoms with Gasteiger partial charge in [-0.1, -0.05) is 12.1 Å². The minimum absolute atomic E-state index is 0.0110. The van der Waals surface area contributed by atoms with E-state index in [4.69, 9.17) is 15.5 Å². The molecule has 2 N–H and O–H groups in total. The van der Waals surface area contributed by atoms with Gasteiger partial charge in [-0.15, -0.1) is 0 Å². The third kappa shape index (κ3) is 3.44. The summed E-state index contributed by atoms with van der Waals surface area (Å²) in [4.78, 5) is 23.5. The number of carbonyl (C=O) groups excluding carboxylic acids is 1. The molecule has 3 heterocycles. The van der Waals surface area contributed by atoms with Crippen molar-refractivity contribution in [3.63, 3.8) is 0 Å². The lowest BCUT2D eigenvalue weighted by Gasteiger charge is -2.35. The molecule has 26 heavy (non-hydrogen) atoms. The summed E-state index contributed by atoms with van der Waals surface area (Å²) in [6.45, 7) is 5.49. The predicted molar refractivity (Wildman–Crippen MR) is 99.3 cm³/mol. The monoisotopic (exact) mass is 354 g/mol. The molecule has 2 fully saturated rings. The van der Waals surface area contributed by atoms with Crippen LogP contribution in [0.1, 0.15) is 30.7 Å². The number of primary amides is 1. The summed E-state index contributed by atoms with van der Waals surface area (Å²) in [5, 5.41) is 0. The molecular formula is C20H26N4O2. The van der Waals surface area contributed by atoms with E-state index in [0.717, 1.165) is 61.3 Å². The molecule has 2 aromatic rings. The maximum atomic E-state index is 11.6. The summed E-state index contributed by atoms with van der Waals surface area (Å²) < 4.78 is 5.85. The average Bonchev–Trinajstić information content (AvgIpc) is 3.13. The Morgan fingerprint density at radius 3 is 2.58 bits per heavy atom. The number of carbonyl (C=O) groups is 1. The van der Waals surface area contributed by atoms with Gasteiger partial charge < -0.3 is 10.5 Å². The van der Waals surface area contributed by atoms with Crippen molar-refractivity contribution in [3.05, 3.63) is 35.7 Å². The zero-order valence-corrected chi connectivity index (χ0v) is 15.2. The van der Waals surface area contributed by atoms with Crippen LogP contribution in [0.3, 0.4) is 0 Å². The van der Waals surface area contributed by atoms with Crippen LogP contribution in [-0.2, 0) is 16.1 Å². The molecule has 2 saturated heterocycles. The van der Waals surface area contributed by atoms with Crippen molar-refractivity contribution in [1.82, 2.24) is 14.9 Å². The Hall–Kier alpha value is -2.05. The van der Waals surface area contributed by atoms with Crippen molar-refractivity contribution in [2.75, 3.05) is 19.7 Å². The fraction of sp³-hybridized carbons (Fsp3) is 0.550. The Morgan fingerprint density at radius 1 is 1.19 bits per heavy atom. The number of likely N-dealkylation sites (tertiary alicyclic amines) is 1. The smallest absolute Gasteiger partial charge is 0.223 e. The summed E-state index contributed by atoms with van der Waals surface area (Å²) in [6.07, 6.45) is 2.85. The molecule has 1 amide bonds. The van der Waals surface area contributed by atoms with Gasteiger partial charge in [-0.25, -0.2) is 9.97 Å². The van der Waals surface area contributed by atoms with E-state index >= 15 is 0 Å².